The van der Waals surface area contributed by atoms with Gasteiger partial charge in [0.1, 0.15) is 5.75 Å². The third kappa shape index (κ3) is 6.03. The molecule has 1 heterocycles. The number of hydrogen-bond donors (Lipinski definition) is 0. The minimum absolute atomic E-state index is 0.673. The minimum Gasteiger partial charge on any atom is -0.497 e. The molecule has 0 bridgehead atoms. The van der Waals surface area contributed by atoms with Gasteiger partial charge < -0.3 is 9.47 Å². The quantitative estimate of drug-likeness (QED) is 0.593. The second-order valence-electron chi connectivity index (χ2n) is 3.63. The Morgan fingerprint density at radius 2 is 2.12 bits per heavy atom. The van der Waals surface area contributed by atoms with Gasteiger partial charge in [-0.1, -0.05) is 19.9 Å². The molecule has 1 aliphatic rings. The van der Waals surface area contributed by atoms with Crippen molar-refractivity contribution in [2.75, 3.05) is 20.3 Å². The molecular weight excluding hydrogens is 220 g/mol. The van der Waals surface area contributed by atoms with Gasteiger partial charge in [-0.05, 0) is 24.6 Å². The molecule has 1 aliphatic heterocycles. The summed E-state index contributed by atoms with van der Waals surface area (Å²) in [6, 6.07) is 8.21. The lowest BCUT2D eigenvalue weighted by Gasteiger charge is -2.08. The smallest absolute Gasteiger partial charge is 0.119 e. The van der Waals surface area contributed by atoms with Crippen LogP contribution in [0.15, 0.2) is 29.2 Å². The number of rotatable bonds is 4. The van der Waals surface area contributed by atoms with Gasteiger partial charge in [0, 0.05) is 10.1 Å². The third-order valence-corrected chi connectivity index (χ3v) is 3.42. The molecular formula is C13H20O2S. The molecule has 2 rings (SSSR count). The van der Waals surface area contributed by atoms with Crippen molar-refractivity contribution in [2.24, 2.45) is 0 Å². The number of thioether (sulfide) groups is 1. The fourth-order valence-electron chi connectivity index (χ4n) is 0.990. The van der Waals surface area contributed by atoms with Crippen molar-refractivity contribution in [2.45, 2.75) is 30.4 Å². The molecule has 3 heteroatoms. The van der Waals surface area contributed by atoms with Crippen LogP contribution < -0.4 is 4.74 Å². The van der Waals surface area contributed by atoms with E-state index in [-0.39, 0.29) is 0 Å². The number of hydrogen-bond acceptors (Lipinski definition) is 3. The largest absolute Gasteiger partial charge is 0.497 e. The van der Waals surface area contributed by atoms with Crippen LogP contribution in [0, 0.1) is 0 Å². The van der Waals surface area contributed by atoms with E-state index in [1.807, 2.05) is 23.9 Å². The molecule has 16 heavy (non-hydrogen) atoms. The fraction of sp³-hybridized carbons (Fsp3) is 0.538. The zero-order valence-corrected chi connectivity index (χ0v) is 11.0. The molecule has 1 fully saturated rings. The van der Waals surface area contributed by atoms with Crippen molar-refractivity contribution in [1.29, 1.82) is 0 Å². The summed E-state index contributed by atoms with van der Waals surface area (Å²) in [6.07, 6.45) is 1.20. The predicted octanol–water partition coefficient (Wildman–Crippen LogP) is 3.60. The summed E-state index contributed by atoms with van der Waals surface area (Å²) in [5.41, 5.74) is 0. The summed E-state index contributed by atoms with van der Waals surface area (Å²) in [5, 5.41) is 0.673. The molecule has 0 amide bonds. The van der Waals surface area contributed by atoms with Gasteiger partial charge in [0.15, 0.2) is 0 Å². The molecule has 0 N–H and O–H groups in total. The highest BCUT2D eigenvalue weighted by Crippen LogP contribution is 2.27. The van der Waals surface area contributed by atoms with Crippen molar-refractivity contribution in [3.8, 4) is 5.75 Å². The molecule has 1 saturated heterocycles. The number of ether oxygens (including phenoxy) is 2. The first-order valence-electron chi connectivity index (χ1n) is 5.64. The van der Waals surface area contributed by atoms with Crippen molar-refractivity contribution in [3.05, 3.63) is 24.3 Å². The topological polar surface area (TPSA) is 21.8 Å². The van der Waals surface area contributed by atoms with Crippen LogP contribution in [0.2, 0.25) is 0 Å². The Hall–Kier alpha value is -0.670. The van der Waals surface area contributed by atoms with Crippen LogP contribution in [0.25, 0.3) is 0 Å². The van der Waals surface area contributed by atoms with E-state index in [1.54, 1.807) is 7.11 Å². The summed E-state index contributed by atoms with van der Waals surface area (Å²) < 4.78 is 9.66. The third-order valence-electron chi connectivity index (χ3n) is 2.16. The lowest BCUT2D eigenvalue weighted by molar-refractivity contribution is 0.413. The van der Waals surface area contributed by atoms with E-state index in [2.05, 4.69) is 30.7 Å². The van der Waals surface area contributed by atoms with Gasteiger partial charge in [-0.15, -0.1) is 11.8 Å². The molecule has 0 radical (unpaired) electrons. The van der Waals surface area contributed by atoms with Crippen LogP contribution in [-0.4, -0.2) is 25.6 Å². The average Bonchev–Trinajstić information content (AvgIpc) is 3.16. The van der Waals surface area contributed by atoms with Crippen molar-refractivity contribution >= 4 is 11.8 Å². The molecule has 1 unspecified atom stereocenters. The van der Waals surface area contributed by atoms with E-state index in [4.69, 9.17) is 4.74 Å². The van der Waals surface area contributed by atoms with Crippen LogP contribution in [-0.2, 0) is 4.74 Å². The summed E-state index contributed by atoms with van der Waals surface area (Å²) >= 11 is 1.89. The van der Waals surface area contributed by atoms with E-state index < -0.39 is 0 Å². The Labute approximate surface area is 102 Å². The maximum Gasteiger partial charge on any atom is 0.119 e. The summed E-state index contributed by atoms with van der Waals surface area (Å²) in [4.78, 5) is 1.29. The van der Waals surface area contributed by atoms with Gasteiger partial charge in [0.05, 0.1) is 20.3 Å². The highest BCUT2D eigenvalue weighted by molar-refractivity contribution is 7.99. The van der Waals surface area contributed by atoms with Crippen LogP contribution in [0.3, 0.4) is 0 Å². The first kappa shape index (κ1) is 13.4. The second kappa shape index (κ2) is 7.58. The van der Waals surface area contributed by atoms with Gasteiger partial charge in [-0.2, -0.15) is 0 Å². The van der Waals surface area contributed by atoms with E-state index in [1.165, 1.54) is 11.3 Å². The SMILES string of the molecule is C1CO1.CCC(C)Sc1cccc(OC)c1. The van der Waals surface area contributed by atoms with Gasteiger partial charge in [0.25, 0.3) is 0 Å². The van der Waals surface area contributed by atoms with Crippen molar-refractivity contribution in [3.63, 3.8) is 0 Å². The molecule has 1 aromatic carbocycles. The Kier molecular flexibility index (Phi) is 6.34. The fourth-order valence-corrected chi connectivity index (χ4v) is 1.96. The van der Waals surface area contributed by atoms with Gasteiger partial charge >= 0.3 is 0 Å². The highest BCUT2D eigenvalue weighted by Gasteiger charge is 2.01. The maximum atomic E-state index is 5.16. The Balaban J connectivity index is 0.000000365. The average molecular weight is 240 g/mol. The van der Waals surface area contributed by atoms with Gasteiger partial charge in [-0.3, -0.25) is 0 Å². The number of benzene rings is 1. The zero-order valence-electron chi connectivity index (χ0n) is 10.2. The summed E-state index contributed by atoms with van der Waals surface area (Å²) in [5.74, 6) is 0.938. The Morgan fingerprint density at radius 3 is 2.62 bits per heavy atom. The molecule has 0 aromatic heterocycles. The summed E-state index contributed by atoms with van der Waals surface area (Å²) in [7, 11) is 1.70. The number of methoxy groups -OCH3 is 1. The van der Waals surface area contributed by atoms with Crippen molar-refractivity contribution in [1.82, 2.24) is 0 Å². The number of epoxide rings is 1. The standard InChI is InChI=1S/C11H16OS.C2H4O/c1-4-9(2)13-11-7-5-6-10(8-11)12-3;1-2-3-1/h5-9H,4H2,1-3H3;1-2H2. The van der Waals surface area contributed by atoms with E-state index >= 15 is 0 Å². The van der Waals surface area contributed by atoms with Crippen molar-refractivity contribution < 1.29 is 9.47 Å². The molecule has 90 valence electrons. The zero-order chi connectivity index (χ0) is 11.8. The van der Waals surface area contributed by atoms with Gasteiger partial charge in [-0.25, -0.2) is 0 Å². The molecule has 0 aliphatic carbocycles. The minimum atomic E-state index is 0.673. The van der Waals surface area contributed by atoms with Crippen LogP contribution >= 0.6 is 11.8 Å². The predicted molar refractivity (Wildman–Crippen MR) is 69.4 cm³/mol. The van der Waals surface area contributed by atoms with Crippen LogP contribution in [0.1, 0.15) is 20.3 Å². The van der Waals surface area contributed by atoms with E-state index in [0.717, 1.165) is 19.0 Å². The van der Waals surface area contributed by atoms with Gasteiger partial charge in [0.2, 0.25) is 0 Å². The normalized spacial score (nSPS) is 14.7. The Bertz CT molecular complexity index is 297. The first-order valence-corrected chi connectivity index (χ1v) is 6.52. The Morgan fingerprint density at radius 1 is 1.44 bits per heavy atom. The second-order valence-corrected chi connectivity index (χ2v) is 5.14. The van der Waals surface area contributed by atoms with Crippen LogP contribution in [0.5, 0.6) is 5.75 Å². The van der Waals surface area contributed by atoms with E-state index in [9.17, 15) is 0 Å². The van der Waals surface area contributed by atoms with E-state index in [0.29, 0.717) is 5.25 Å². The summed E-state index contributed by atoms with van der Waals surface area (Å²) in [6.45, 7) is 6.45. The molecule has 1 aromatic rings. The molecule has 2 nitrogen and oxygen atoms in total. The monoisotopic (exact) mass is 240 g/mol. The lowest BCUT2D eigenvalue weighted by atomic mass is 10.3. The lowest BCUT2D eigenvalue weighted by Crippen LogP contribution is -1.91. The molecule has 0 spiro atoms. The highest BCUT2D eigenvalue weighted by atomic mass is 32.2. The molecule has 1 atom stereocenters. The first-order chi connectivity index (χ1) is 7.76. The molecule has 0 saturated carbocycles. The maximum absolute atomic E-state index is 5.16. The van der Waals surface area contributed by atoms with Crippen LogP contribution in [0.4, 0.5) is 0 Å².